The number of phenolic OH excluding ortho intramolecular Hbond substituents is 2. The van der Waals surface area contributed by atoms with Crippen LogP contribution in [0.15, 0.2) is 54.6 Å². The number of anilines is 1. The summed E-state index contributed by atoms with van der Waals surface area (Å²) >= 11 is 0. The fraction of sp³-hybridized carbons (Fsp3) is 0.333. The highest BCUT2D eigenvalue weighted by Crippen LogP contribution is 2.57. The van der Waals surface area contributed by atoms with Gasteiger partial charge in [-0.15, -0.1) is 0 Å². The lowest BCUT2D eigenvalue weighted by molar-refractivity contribution is -0.117. The zero-order valence-corrected chi connectivity index (χ0v) is 22.5. The van der Waals surface area contributed by atoms with Gasteiger partial charge in [-0.1, -0.05) is 6.07 Å². The molecule has 3 aromatic carbocycles. The number of benzene rings is 3. The average Bonchev–Trinajstić information content (AvgIpc) is 3.21. The number of carbonyl (C=O) groups excluding carboxylic acids is 2. The van der Waals surface area contributed by atoms with E-state index in [4.69, 9.17) is 9.47 Å². The quantitative estimate of drug-likeness (QED) is 0.262. The molecule has 1 spiro atoms. The van der Waals surface area contributed by atoms with Gasteiger partial charge >= 0.3 is 5.97 Å². The first kappa shape index (κ1) is 27.0. The van der Waals surface area contributed by atoms with Crippen molar-refractivity contribution in [3.8, 4) is 23.0 Å². The number of aromatic hydroxyl groups is 2. The summed E-state index contributed by atoms with van der Waals surface area (Å²) in [6, 6.07) is 14.4. The fourth-order valence-electron chi connectivity index (χ4n) is 5.66. The van der Waals surface area contributed by atoms with Crippen molar-refractivity contribution in [3.63, 3.8) is 0 Å². The summed E-state index contributed by atoms with van der Waals surface area (Å²) < 4.78 is 12.1. The van der Waals surface area contributed by atoms with Crippen molar-refractivity contribution >= 4 is 17.6 Å². The fourth-order valence-corrected chi connectivity index (χ4v) is 5.66. The van der Waals surface area contributed by atoms with Gasteiger partial charge in [0.1, 0.15) is 23.0 Å². The number of ether oxygens (including phenoxy) is 2. The maximum absolute atomic E-state index is 13.3. The van der Waals surface area contributed by atoms with Crippen LogP contribution in [-0.2, 0) is 15.1 Å². The third-order valence-electron chi connectivity index (χ3n) is 7.59. The van der Waals surface area contributed by atoms with Crippen molar-refractivity contribution in [1.29, 1.82) is 0 Å². The largest absolute Gasteiger partial charge is 0.508 e. The smallest absolute Gasteiger partial charge is 0.340 e. The van der Waals surface area contributed by atoms with Gasteiger partial charge in [-0.25, -0.2) is 4.79 Å². The van der Waals surface area contributed by atoms with Gasteiger partial charge in [-0.3, -0.25) is 9.69 Å². The highest BCUT2D eigenvalue weighted by Gasteiger charge is 2.53. The van der Waals surface area contributed by atoms with Crippen molar-refractivity contribution in [3.05, 3.63) is 76.9 Å². The Balaban J connectivity index is 1.25. The van der Waals surface area contributed by atoms with Crippen molar-refractivity contribution in [2.75, 3.05) is 64.2 Å². The number of nitrogens with zero attached hydrogens (tertiary/aromatic N) is 1. The lowest BCUT2D eigenvalue weighted by Crippen LogP contribution is -2.44. The molecule has 214 valence electrons. The van der Waals surface area contributed by atoms with Crippen molar-refractivity contribution in [2.24, 2.45) is 0 Å². The van der Waals surface area contributed by atoms with Gasteiger partial charge in [0, 0.05) is 86.9 Å². The van der Waals surface area contributed by atoms with E-state index in [1.807, 2.05) is 0 Å². The van der Waals surface area contributed by atoms with Crippen molar-refractivity contribution in [1.82, 2.24) is 20.9 Å². The molecule has 1 saturated heterocycles. The first-order valence-corrected chi connectivity index (χ1v) is 13.8. The lowest BCUT2D eigenvalue weighted by atomic mass is 9.77. The summed E-state index contributed by atoms with van der Waals surface area (Å²) in [5, 5.41) is 33.3. The highest BCUT2D eigenvalue weighted by molar-refractivity contribution is 6.00. The molecule has 0 atom stereocenters. The number of carbonyl (C=O) groups is 2. The molecule has 0 saturated carbocycles. The maximum Gasteiger partial charge on any atom is 0.340 e. The summed E-state index contributed by atoms with van der Waals surface area (Å²) in [6.45, 7) is 6.80. The number of amides is 1. The van der Waals surface area contributed by atoms with Crippen molar-refractivity contribution in [2.45, 2.75) is 5.60 Å². The number of nitrogens with one attached hydrogen (secondary N) is 4. The Hall–Kier alpha value is -4.16. The molecule has 3 aliphatic rings. The SMILES string of the molecule is O=C(CN1CCNCCNCCNCC1)Nc1ccc2c(c1)C(=O)OC21c2ccc(O)cc2Oc2cc(O)ccc21. The Bertz CT molecular complexity index is 1410. The van der Waals surface area contributed by atoms with Crippen LogP contribution in [0.3, 0.4) is 0 Å². The molecule has 0 radical (unpaired) electrons. The van der Waals surface area contributed by atoms with E-state index in [0.717, 1.165) is 52.4 Å². The maximum atomic E-state index is 13.3. The molecule has 3 heterocycles. The molecule has 11 nitrogen and oxygen atoms in total. The second-order valence-corrected chi connectivity index (χ2v) is 10.4. The van der Waals surface area contributed by atoms with Gasteiger partial charge in [-0.2, -0.15) is 0 Å². The zero-order valence-electron chi connectivity index (χ0n) is 22.5. The van der Waals surface area contributed by atoms with E-state index < -0.39 is 11.6 Å². The van der Waals surface area contributed by atoms with Crippen LogP contribution in [-0.4, -0.2) is 85.9 Å². The third kappa shape index (κ3) is 5.32. The van der Waals surface area contributed by atoms with E-state index in [-0.39, 0.29) is 24.0 Å². The van der Waals surface area contributed by atoms with E-state index in [0.29, 0.717) is 39.4 Å². The minimum absolute atomic E-state index is 0.00838. The Morgan fingerprint density at radius 1 is 0.805 bits per heavy atom. The Kier molecular flexibility index (Phi) is 7.50. The summed E-state index contributed by atoms with van der Waals surface area (Å²) in [7, 11) is 0. The number of hydrogen-bond donors (Lipinski definition) is 6. The minimum atomic E-state index is -1.34. The van der Waals surface area contributed by atoms with E-state index in [1.54, 1.807) is 30.3 Å². The van der Waals surface area contributed by atoms with Gasteiger partial charge in [0.05, 0.1) is 12.1 Å². The van der Waals surface area contributed by atoms with Crippen LogP contribution in [0.25, 0.3) is 0 Å². The highest BCUT2D eigenvalue weighted by atomic mass is 16.6. The van der Waals surface area contributed by atoms with Gasteiger partial charge in [0.15, 0.2) is 5.60 Å². The topological polar surface area (TPSA) is 144 Å². The molecule has 0 unspecified atom stereocenters. The molecule has 0 aromatic heterocycles. The van der Waals surface area contributed by atoms with Crippen molar-refractivity contribution < 1.29 is 29.3 Å². The first-order chi connectivity index (χ1) is 19.9. The Morgan fingerprint density at radius 3 is 1.98 bits per heavy atom. The normalized spacial score (nSPS) is 18.6. The molecular formula is C30H33N5O6. The number of phenols is 2. The van der Waals surface area contributed by atoms with Gasteiger partial charge in [0.25, 0.3) is 0 Å². The number of hydrogen-bond acceptors (Lipinski definition) is 10. The predicted octanol–water partition coefficient (Wildman–Crippen LogP) is 1.69. The molecule has 0 aliphatic carbocycles. The number of esters is 1. The first-order valence-electron chi connectivity index (χ1n) is 13.8. The van der Waals surface area contributed by atoms with Crippen LogP contribution in [0.1, 0.15) is 27.0 Å². The molecule has 3 aromatic rings. The van der Waals surface area contributed by atoms with Crippen LogP contribution in [0.4, 0.5) is 5.69 Å². The average molecular weight is 560 g/mol. The Morgan fingerprint density at radius 2 is 1.37 bits per heavy atom. The molecular weight excluding hydrogens is 526 g/mol. The molecule has 1 amide bonds. The molecule has 41 heavy (non-hydrogen) atoms. The van der Waals surface area contributed by atoms with E-state index in [9.17, 15) is 19.8 Å². The molecule has 6 N–H and O–H groups in total. The molecule has 11 heteroatoms. The second-order valence-electron chi connectivity index (χ2n) is 10.4. The van der Waals surface area contributed by atoms with Gasteiger partial charge < -0.3 is 41.0 Å². The standard InChI is InChI=1S/C30H33N5O6/c36-20-2-5-24-26(16-20)40-27-17-21(37)3-6-25(27)30(24)23-4-1-19(15-22(23)29(39)41-30)34-28(38)18-35-13-11-32-9-7-31-8-10-33-12-14-35/h1-6,15-17,31-33,36-37H,7-14,18H2,(H,34,38). The molecule has 0 bridgehead atoms. The van der Waals surface area contributed by atoms with E-state index in [2.05, 4.69) is 26.2 Å². The molecule has 6 rings (SSSR count). The number of fused-ring (bicyclic) bond motifs is 6. The van der Waals surface area contributed by atoms with Gasteiger partial charge in [0.2, 0.25) is 5.91 Å². The van der Waals surface area contributed by atoms with Crippen LogP contribution in [0, 0.1) is 0 Å². The summed E-state index contributed by atoms with van der Waals surface area (Å²) in [5.74, 6) is -0.116. The van der Waals surface area contributed by atoms with Crippen LogP contribution >= 0.6 is 0 Å². The van der Waals surface area contributed by atoms with Crippen LogP contribution in [0.5, 0.6) is 23.0 Å². The van der Waals surface area contributed by atoms with E-state index >= 15 is 0 Å². The predicted molar refractivity (Wildman–Crippen MR) is 152 cm³/mol. The molecule has 3 aliphatic heterocycles. The third-order valence-corrected chi connectivity index (χ3v) is 7.59. The Labute approximate surface area is 237 Å². The summed E-state index contributed by atoms with van der Waals surface area (Å²) in [4.78, 5) is 28.5. The lowest BCUT2D eigenvalue weighted by Gasteiger charge is -2.36. The minimum Gasteiger partial charge on any atom is -0.508 e. The summed E-state index contributed by atoms with van der Waals surface area (Å²) in [5.41, 5.74) is 1.14. The number of rotatable bonds is 3. The van der Waals surface area contributed by atoms with Gasteiger partial charge in [-0.05, 0) is 36.4 Å². The van der Waals surface area contributed by atoms with Crippen LogP contribution in [0.2, 0.25) is 0 Å². The monoisotopic (exact) mass is 559 g/mol. The summed E-state index contributed by atoms with van der Waals surface area (Å²) in [6.07, 6.45) is 0. The van der Waals surface area contributed by atoms with E-state index in [1.165, 1.54) is 24.3 Å². The van der Waals surface area contributed by atoms with Crippen LogP contribution < -0.4 is 26.0 Å². The zero-order chi connectivity index (χ0) is 28.4. The molecule has 1 fully saturated rings. The second kappa shape index (κ2) is 11.4.